The number of hydrogen-bond donors (Lipinski definition) is 1. The standard InChI is InChI=1S/C16H21NO6S/c1-10(2)14(16(19)23-13-8-9-22-15(13)18)17-24(20,21)12-6-4-11(3)5-7-12/h4-7,10,13-14,17H,8-9H2,1-3H3/t13-,14-/m1/s1. The maximum Gasteiger partial charge on any atom is 0.347 e. The lowest BCUT2D eigenvalue weighted by Gasteiger charge is -2.22. The Labute approximate surface area is 141 Å². The molecule has 0 saturated carbocycles. The molecule has 1 saturated heterocycles. The third kappa shape index (κ3) is 4.33. The highest BCUT2D eigenvalue weighted by molar-refractivity contribution is 7.89. The summed E-state index contributed by atoms with van der Waals surface area (Å²) in [5.74, 6) is -1.74. The van der Waals surface area contributed by atoms with Crippen LogP contribution < -0.4 is 4.72 Å². The molecule has 8 heteroatoms. The lowest BCUT2D eigenvalue weighted by atomic mass is 10.1. The first-order valence-electron chi connectivity index (χ1n) is 7.67. The second kappa shape index (κ2) is 7.31. The molecule has 0 aromatic heterocycles. The van der Waals surface area contributed by atoms with Crippen LogP contribution in [-0.4, -0.2) is 39.1 Å². The minimum atomic E-state index is -3.88. The zero-order chi connectivity index (χ0) is 17.9. The molecular weight excluding hydrogens is 334 g/mol. The molecule has 0 amide bonds. The molecule has 0 radical (unpaired) electrons. The molecule has 2 rings (SSSR count). The molecule has 1 heterocycles. The van der Waals surface area contributed by atoms with Crippen LogP contribution in [0.5, 0.6) is 0 Å². The summed E-state index contributed by atoms with van der Waals surface area (Å²) in [5.41, 5.74) is 0.925. The number of ether oxygens (including phenoxy) is 2. The Balaban J connectivity index is 2.13. The van der Waals surface area contributed by atoms with E-state index in [0.29, 0.717) is 0 Å². The van der Waals surface area contributed by atoms with Gasteiger partial charge < -0.3 is 9.47 Å². The van der Waals surface area contributed by atoms with Crippen molar-refractivity contribution in [1.29, 1.82) is 0 Å². The van der Waals surface area contributed by atoms with Crippen molar-refractivity contribution in [3.63, 3.8) is 0 Å². The number of hydrogen-bond acceptors (Lipinski definition) is 6. The van der Waals surface area contributed by atoms with Gasteiger partial charge in [0.25, 0.3) is 0 Å². The Morgan fingerprint density at radius 3 is 2.42 bits per heavy atom. The average molecular weight is 355 g/mol. The molecular formula is C16H21NO6S. The second-order valence-corrected chi connectivity index (χ2v) is 7.75. The molecule has 0 unspecified atom stereocenters. The largest absolute Gasteiger partial charge is 0.463 e. The van der Waals surface area contributed by atoms with E-state index in [0.717, 1.165) is 5.56 Å². The minimum Gasteiger partial charge on any atom is -0.463 e. The smallest absolute Gasteiger partial charge is 0.347 e. The summed E-state index contributed by atoms with van der Waals surface area (Å²) < 4.78 is 37.1. The Morgan fingerprint density at radius 1 is 1.29 bits per heavy atom. The van der Waals surface area contributed by atoms with E-state index >= 15 is 0 Å². The predicted molar refractivity (Wildman–Crippen MR) is 85.6 cm³/mol. The fraction of sp³-hybridized carbons (Fsp3) is 0.500. The number of cyclic esters (lactones) is 1. The van der Waals surface area contributed by atoms with Crippen LogP contribution in [0.2, 0.25) is 0 Å². The van der Waals surface area contributed by atoms with Gasteiger partial charge in [-0.15, -0.1) is 0 Å². The molecule has 1 aliphatic rings. The van der Waals surface area contributed by atoms with Crippen LogP contribution in [0.25, 0.3) is 0 Å². The van der Waals surface area contributed by atoms with Gasteiger partial charge in [0.2, 0.25) is 16.1 Å². The fourth-order valence-electron chi connectivity index (χ4n) is 2.21. The van der Waals surface area contributed by atoms with E-state index in [4.69, 9.17) is 9.47 Å². The molecule has 132 valence electrons. The summed E-state index contributed by atoms with van der Waals surface area (Å²) in [4.78, 5) is 23.8. The van der Waals surface area contributed by atoms with Gasteiger partial charge in [-0.3, -0.25) is 4.79 Å². The highest BCUT2D eigenvalue weighted by Gasteiger charge is 2.35. The van der Waals surface area contributed by atoms with Crippen molar-refractivity contribution in [3.8, 4) is 0 Å². The van der Waals surface area contributed by atoms with Crippen molar-refractivity contribution in [3.05, 3.63) is 29.8 Å². The number of rotatable bonds is 6. The predicted octanol–water partition coefficient (Wildman–Crippen LogP) is 1.16. The first-order chi connectivity index (χ1) is 11.2. The van der Waals surface area contributed by atoms with Gasteiger partial charge in [-0.25, -0.2) is 13.2 Å². The van der Waals surface area contributed by atoms with Gasteiger partial charge in [0.05, 0.1) is 11.5 Å². The van der Waals surface area contributed by atoms with Gasteiger partial charge in [-0.05, 0) is 25.0 Å². The van der Waals surface area contributed by atoms with Crippen molar-refractivity contribution >= 4 is 22.0 Å². The number of carbonyl (C=O) groups is 2. The molecule has 0 bridgehead atoms. The topological polar surface area (TPSA) is 98.8 Å². The van der Waals surface area contributed by atoms with Gasteiger partial charge in [-0.1, -0.05) is 31.5 Å². The molecule has 2 atom stereocenters. The summed E-state index contributed by atoms with van der Waals surface area (Å²) in [6.07, 6.45) is -0.692. The van der Waals surface area contributed by atoms with Crippen molar-refractivity contribution in [2.24, 2.45) is 5.92 Å². The van der Waals surface area contributed by atoms with E-state index in [-0.39, 0.29) is 23.8 Å². The normalized spacial score (nSPS) is 19.2. The molecule has 1 aromatic rings. The van der Waals surface area contributed by atoms with E-state index in [1.807, 2.05) is 6.92 Å². The van der Waals surface area contributed by atoms with E-state index in [2.05, 4.69) is 4.72 Å². The highest BCUT2D eigenvalue weighted by atomic mass is 32.2. The van der Waals surface area contributed by atoms with Crippen LogP contribution in [0.1, 0.15) is 25.8 Å². The van der Waals surface area contributed by atoms with Gasteiger partial charge in [0.1, 0.15) is 6.04 Å². The van der Waals surface area contributed by atoms with E-state index in [9.17, 15) is 18.0 Å². The SMILES string of the molecule is Cc1ccc(S(=O)(=O)N[C@@H](C(=O)O[C@@H]2CCOC2=O)C(C)C)cc1. The highest BCUT2D eigenvalue weighted by Crippen LogP contribution is 2.16. The number of nitrogens with one attached hydrogen (secondary N) is 1. The summed E-state index contributed by atoms with van der Waals surface area (Å²) in [5, 5.41) is 0. The van der Waals surface area contributed by atoms with Gasteiger partial charge in [0, 0.05) is 6.42 Å². The average Bonchev–Trinajstić information content (AvgIpc) is 2.90. The van der Waals surface area contributed by atoms with Crippen molar-refractivity contribution in [1.82, 2.24) is 4.72 Å². The van der Waals surface area contributed by atoms with Crippen LogP contribution in [-0.2, 0) is 29.1 Å². The van der Waals surface area contributed by atoms with Crippen LogP contribution in [0.3, 0.4) is 0 Å². The minimum absolute atomic E-state index is 0.0619. The van der Waals surface area contributed by atoms with Crippen molar-refractivity contribution in [2.45, 2.75) is 44.2 Å². The lowest BCUT2D eigenvalue weighted by Crippen LogP contribution is -2.46. The Hall–Kier alpha value is -1.93. The van der Waals surface area contributed by atoms with Crippen molar-refractivity contribution < 1.29 is 27.5 Å². The Bertz CT molecular complexity index is 711. The Kier molecular flexibility index (Phi) is 5.61. The molecule has 1 fully saturated rings. The number of carbonyl (C=O) groups excluding carboxylic acids is 2. The van der Waals surface area contributed by atoms with Crippen LogP contribution in [0, 0.1) is 12.8 Å². The first kappa shape index (κ1) is 18.4. The summed E-state index contributed by atoms with van der Waals surface area (Å²) in [6, 6.07) is 5.19. The maximum atomic E-state index is 12.5. The van der Waals surface area contributed by atoms with E-state index in [1.165, 1.54) is 12.1 Å². The molecule has 24 heavy (non-hydrogen) atoms. The van der Waals surface area contributed by atoms with E-state index in [1.54, 1.807) is 26.0 Å². The number of esters is 2. The summed E-state index contributed by atoms with van der Waals surface area (Å²) in [6.45, 7) is 5.42. The fourth-order valence-corrected chi connectivity index (χ4v) is 3.54. The molecule has 0 spiro atoms. The number of benzene rings is 1. The second-order valence-electron chi connectivity index (χ2n) is 6.04. The quantitative estimate of drug-likeness (QED) is 0.769. The molecule has 0 aliphatic carbocycles. The van der Waals surface area contributed by atoms with Gasteiger partial charge in [-0.2, -0.15) is 4.72 Å². The van der Waals surface area contributed by atoms with Crippen LogP contribution in [0.4, 0.5) is 0 Å². The van der Waals surface area contributed by atoms with Crippen LogP contribution >= 0.6 is 0 Å². The molecule has 1 aromatic carbocycles. The van der Waals surface area contributed by atoms with Gasteiger partial charge >= 0.3 is 11.9 Å². The van der Waals surface area contributed by atoms with E-state index < -0.39 is 34.1 Å². The first-order valence-corrected chi connectivity index (χ1v) is 9.15. The molecule has 7 nitrogen and oxygen atoms in total. The maximum absolute atomic E-state index is 12.5. The lowest BCUT2D eigenvalue weighted by molar-refractivity contribution is -0.162. The third-order valence-electron chi connectivity index (χ3n) is 3.68. The van der Waals surface area contributed by atoms with Gasteiger partial charge in [0.15, 0.2) is 0 Å². The zero-order valence-electron chi connectivity index (χ0n) is 13.8. The summed E-state index contributed by atoms with van der Waals surface area (Å²) >= 11 is 0. The third-order valence-corrected chi connectivity index (χ3v) is 5.14. The summed E-state index contributed by atoms with van der Waals surface area (Å²) in [7, 11) is -3.88. The molecule has 1 N–H and O–H groups in total. The number of aryl methyl sites for hydroxylation is 1. The molecule has 1 aliphatic heterocycles. The number of sulfonamides is 1. The monoisotopic (exact) mass is 355 g/mol. The van der Waals surface area contributed by atoms with Crippen LogP contribution in [0.15, 0.2) is 29.2 Å². The van der Waals surface area contributed by atoms with Crippen molar-refractivity contribution in [2.75, 3.05) is 6.61 Å². The Morgan fingerprint density at radius 2 is 1.92 bits per heavy atom. The zero-order valence-corrected chi connectivity index (χ0v) is 14.6.